The van der Waals surface area contributed by atoms with E-state index in [0.29, 0.717) is 0 Å². The van der Waals surface area contributed by atoms with E-state index in [1.54, 1.807) is 0 Å². The average Bonchev–Trinajstić information content (AvgIpc) is 2.34. The standard InChI is InChI=1S/C11H14N2S/c1-13(2)8-11-12-9-6-4-3-5-7-10(9)14-11/h3-6H,7-8H2,1-2H3. The Bertz CT molecular complexity index is 375. The number of aromatic nitrogens is 1. The predicted octanol–water partition coefficient (Wildman–Crippen LogP) is 2.33. The van der Waals surface area contributed by atoms with Crippen LogP contribution in [-0.2, 0) is 13.0 Å². The third-order valence-corrected chi connectivity index (χ3v) is 3.11. The molecule has 0 unspecified atom stereocenters. The molecule has 3 heteroatoms. The van der Waals surface area contributed by atoms with Gasteiger partial charge in [-0.15, -0.1) is 11.3 Å². The lowest BCUT2D eigenvalue weighted by Gasteiger charge is -2.04. The summed E-state index contributed by atoms with van der Waals surface area (Å²) in [5, 5.41) is 1.21. The van der Waals surface area contributed by atoms with E-state index in [9.17, 15) is 0 Å². The topological polar surface area (TPSA) is 16.1 Å². The monoisotopic (exact) mass is 206 g/mol. The van der Waals surface area contributed by atoms with Crippen molar-refractivity contribution in [3.05, 3.63) is 33.8 Å². The van der Waals surface area contributed by atoms with Crippen LogP contribution < -0.4 is 0 Å². The van der Waals surface area contributed by atoms with Crippen LogP contribution in [0.2, 0.25) is 0 Å². The van der Waals surface area contributed by atoms with Gasteiger partial charge in [-0.25, -0.2) is 4.98 Å². The van der Waals surface area contributed by atoms with E-state index in [2.05, 4.69) is 48.3 Å². The molecule has 0 bridgehead atoms. The predicted molar refractivity (Wildman–Crippen MR) is 61.4 cm³/mol. The molecule has 0 radical (unpaired) electrons. The highest BCUT2D eigenvalue weighted by atomic mass is 32.1. The Labute approximate surface area is 88.6 Å². The zero-order chi connectivity index (χ0) is 9.97. The van der Waals surface area contributed by atoms with Crippen molar-refractivity contribution < 1.29 is 0 Å². The van der Waals surface area contributed by atoms with Gasteiger partial charge in [0.05, 0.1) is 5.69 Å². The number of allylic oxidation sites excluding steroid dienone is 3. The Morgan fingerprint density at radius 2 is 2.29 bits per heavy atom. The molecule has 0 aromatic carbocycles. The number of hydrogen-bond acceptors (Lipinski definition) is 3. The highest BCUT2D eigenvalue weighted by Crippen LogP contribution is 2.23. The summed E-state index contributed by atoms with van der Waals surface area (Å²) >= 11 is 1.82. The fourth-order valence-electron chi connectivity index (χ4n) is 1.43. The summed E-state index contributed by atoms with van der Waals surface area (Å²) in [6.45, 7) is 0.940. The van der Waals surface area contributed by atoms with Crippen molar-refractivity contribution in [2.24, 2.45) is 0 Å². The fraction of sp³-hybridized carbons (Fsp3) is 0.364. The van der Waals surface area contributed by atoms with Gasteiger partial charge in [-0.2, -0.15) is 0 Å². The Morgan fingerprint density at radius 1 is 1.43 bits per heavy atom. The van der Waals surface area contributed by atoms with E-state index in [4.69, 9.17) is 0 Å². The Balaban J connectivity index is 2.24. The smallest absolute Gasteiger partial charge is 0.108 e. The summed E-state index contributed by atoms with van der Waals surface area (Å²) in [7, 11) is 4.14. The summed E-state index contributed by atoms with van der Waals surface area (Å²) < 4.78 is 0. The second-order valence-electron chi connectivity index (χ2n) is 3.65. The zero-order valence-electron chi connectivity index (χ0n) is 8.53. The van der Waals surface area contributed by atoms with E-state index in [0.717, 1.165) is 18.7 Å². The van der Waals surface area contributed by atoms with Crippen LogP contribution in [0.15, 0.2) is 18.2 Å². The Kier molecular flexibility index (Phi) is 2.79. The van der Waals surface area contributed by atoms with Gasteiger partial charge in [0, 0.05) is 17.8 Å². The van der Waals surface area contributed by atoms with Crippen molar-refractivity contribution in [3.8, 4) is 0 Å². The minimum atomic E-state index is 0.940. The minimum absolute atomic E-state index is 0.940. The normalized spacial score (nSPS) is 14.5. The van der Waals surface area contributed by atoms with Gasteiger partial charge in [-0.05, 0) is 20.2 Å². The molecular weight excluding hydrogens is 192 g/mol. The van der Waals surface area contributed by atoms with Crippen LogP contribution in [0.4, 0.5) is 0 Å². The fourth-order valence-corrected chi connectivity index (χ4v) is 2.58. The molecule has 2 nitrogen and oxygen atoms in total. The molecule has 0 atom stereocenters. The summed E-state index contributed by atoms with van der Waals surface area (Å²) in [6, 6.07) is 0. The molecule has 1 aromatic rings. The molecule has 14 heavy (non-hydrogen) atoms. The molecular formula is C11H14N2S. The number of hydrogen-bond donors (Lipinski definition) is 0. The van der Waals surface area contributed by atoms with Gasteiger partial charge in [-0.1, -0.05) is 18.2 Å². The molecule has 0 aliphatic heterocycles. The molecule has 1 aliphatic carbocycles. The van der Waals surface area contributed by atoms with Crippen LogP contribution in [0.25, 0.3) is 6.08 Å². The van der Waals surface area contributed by atoms with Gasteiger partial charge in [0.25, 0.3) is 0 Å². The first-order valence-electron chi connectivity index (χ1n) is 4.72. The Morgan fingerprint density at radius 3 is 3.07 bits per heavy atom. The minimum Gasteiger partial charge on any atom is -0.303 e. The van der Waals surface area contributed by atoms with Crippen LogP contribution >= 0.6 is 11.3 Å². The molecule has 74 valence electrons. The lowest BCUT2D eigenvalue weighted by atomic mass is 10.3. The largest absolute Gasteiger partial charge is 0.303 e. The molecule has 1 heterocycles. The van der Waals surface area contributed by atoms with Crippen LogP contribution in [0.1, 0.15) is 15.6 Å². The second kappa shape index (κ2) is 4.07. The number of nitrogens with zero attached hydrogens (tertiary/aromatic N) is 2. The molecule has 2 rings (SSSR count). The number of thiazole rings is 1. The molecule has 1 aliphatic rings. The van der Waals surface area contributed by atoms with Crippen molar-refractivity contribution in [2.45, 2.75) is 13.0 Å². The summed E-state index contributed by atoms with van der Waals surface area (Å²) in [6.07, 6.45) is 9.44. The van der Waals surface area contributed by atoms with Crippen LogP contribution in [0.5, 0.6) is 0 Å². The van der Waals surface area contributed by atoms with Crippen molar-refractivity contribution in [3.63, 3.8) is 0 Å². The van der Waals surface area contributed by atoms with Crippen LogP contribution in [-0.4, -0.2) is 24.0 Å². The van der Waals surface area contributed by atoms with Crippen LogP contribution in [0, 0.1) is 0 Å². The van der Waals surface area contributed by atoms with Crippen LogP contribution in [0.3, 0.4) is 0 Å². The third kappa shape index (κ3) is 2.11. The average molecular weight is 206 g/mol. The van der Waals surface area contributed by atoms with E-state index in [1.807, 2.05) is 11.3 Å². The first-order chi connectivity index (χ1) is 6.75. The Hall–Kier alpha value is -0.930. The molecule has 0 amide bonds. The van der Waals surface area contributed by atoms with Crippen molar-refractivity contribution in [2.75, 3.05) is 14.1 Å². The third-order valence-electron chi connectivity index (χ3n) is 2.03. The number of rotatable bonds is 2. The van der Waals surface area contributed by atoms with Gasteiger partial charge < -0.3 is 4.90 Å². The number of fused-ring (bicyclic) bond motifs is 1. The maximum atomic E-state index is 4.60. The quantitative estimate of drug-likeness (QED) is 0.738. The lowest BCUT2D eigenvalue weighted by Crippen LogP contribution is -2.10. The summed E-state index contributed by atoms with van der Waals surface area (Å²) in [4.78, 5) is 8.13. The van der Waals surface area contributed by atoms with E-state index < -0.39 is 0 Å². The highest BCUT2D eigenvalue weighted by molar-refractivity contribution is 7.11. The maximum Gasteiger partial charge on any atom is 0.108 e. The molecule has 0 fully saturated rings. The van der Waals surface area contributed by atoms with E-state index >= 15 is 0 Å². The summed E-state index contributed by atoms with van der Waals surface area (Å²) in [5.41, 5.74) is 1.15. The highest BCUT2D eigenvalue weighted by Gasteiger charge is 2.09. The van der Waals surface area contributed by atoms with Gasteiger partial charge >= 0.3 is 0 Å². The SMILES string of the molecule is CN(C)Cc1nc2c(s1)CC=CC=C2. The van der Waals surface area contributed by atoms with Gasteiger partial charge in [0.15, 0.2) is 0 Å². The van der Waals surface area contributed by atoms with Crippen molar-refractivity contribution in [1.29, 1.82) is 0 Å². The van der Waals surface area contributed by atoms with Gasteiger partial charge in [-0.3, -0.25) is 0 Å². The zero-order valence-corrected chi connectivity index (χ0v) is 9.34. The second-order valence-corrected chi connectivity index (χ2v) is 4.81. The molecule has 0 spiro atoms. The maximum absolute atomic E-state index is 4.60. The van der Waals surface area contributed by atoms with Crippen molar-refractivity contribution >= 4 is 17.4 Å². The molecule has 0 saturated carbocycles. The first kappa shape index (κ1) is 9.62. The molecule has 1 aromatic heterocycles. The van der Waals surface area contributed by atoms with Gasteiger partial charge in [0.1, 0.15) is 5.01 Å². The molecule has 0 N–H and O–H groups in total. The van der Waals surface area contributed by atoms with Crippen molar-refractivity contribution in [1.82, 2.24) is 9.88 Å². The molecule has 0 saturated heterocycles. The van der Waals surface area contributed by atoms with E-state index in [-0.39, 0.29) is 0 Å². The van der Waals surface area contributed by atoms with E-state index in [1.165, 1.54) is 9.88 Å². The van der Waals surface area contributed by atoms with Gasteiger partial charge in [0.2, 0.25) is 0 Å². The first-order valence-corrected chi connectivity index (χ1v) is 5.54. The lowest BCUT2D eigenvalue weighted by molar-refractivity contribution is 0.401. The summed E-state index contributed by atoms with van der Waals surface area (Å²) in [5.74, 6) is 0.